The van der Waals surface area contributed by atoms with Crippen molar-refractivity contribution >= 4 is 11.9 Å². The number of aliphatic hydroxyl groups excluding tert-OH is 2. The molecular formula is C14H30O6Ti2+4. The number of rotatable bonds is 4. The normalized spacial score (nSPS) is 7.73. The third-order valence-corrected chi connectivity index (χ3v) is 0.908. The van der Waals surface area contributed by atoms with Gasteiger partial charge >= 0.3 is 43.4 Å². The van der Waals surface area contributed by atoms with Gasteiger partial charge in [0.1, 0.15) is 0 Å². The molecule has 0 heterocycles. The first-order valence-corrected chi connectivity index (χ1v) is 6.76. The van der Waals surface area contributed by atoms with Gasteiger partial charge in [0, 0.05) is 24.1 Å². The van der Waals surface area contributed by atoms with E-state index in [1.807, 2.05) is 0 Å². The zero-order chi connectivity index (χ0) is 17.1. The van der Waals surface area contributed by atoms with Gasteiger partial charge in [0.15, 0.2) is 0 Å². The second-order valence-electron chi connectivity index (χ2n) is 4.43. The van der Waals surface area contributed by atoms with E-state index in [1.54, 1.807) is 41.5 Å². The topological polar surface area (TPSA) is 121 Å². The molecule has 0 amide bonds. The molecule has 0 rings (SSSR count). The molecule has 0 aliphatic heterocycles. The van der Waals surface area contributed by atoms with Gasteiger partial charge in [-0.2, -0.15) is 0 Å². The summed E-state index contributed by atoms with van der Waals surface area (Å²) >= 11 is 0. The fourth-order valence-corrected chi connectivity index (χ4v) is 0.408. The van der Waals surface area contributed by atoms with Crippen molar-refractivity contribution in [2.24, 2.45) is 0 Å². The second kappa shape index (κ2) is 33.0. The van der Waals surface area contributed by atoms with Crippen molar-refractivity contribution in [2.45, 2.75) is 79.4 Å². The van der Waals surface area contributed by atoms with Crippen LogP contribution in [-0.2, 0) is 53.0 Å². The molecule has 0 atom stereocenters. The van der Waals surface area contributed by atoms with Crippen LogP contribution in [0.2, 0.25) is 0 Å². The van der Waals surface area contributed by atoms with Crippen LogP contribution in [0.15, 0.2) is 0 Å². The Morgan fingerprint density at radius 3 is 0.955 bits per heavy atom. The SMILES string of the molecule is CC(C)O.CC(C)O.CCCC(=O)[O-].CCCC(=O)[O-].[Ti+2].[Ti+4]. The maximum absolute atomic E-state index is 9.49. The number of carbonyl (C=O) groups is 2. The third-order valence-electron chi connectivity index (χ3n) is 0.908. The summed E-state index contributed by atoms with van der Waals surface area (Å²) < 4.78 is 0. The zero-order valence-corrected chi connectivity index (χ0v) is 17.6. The van der Waals surface area contributed by atoms with Crippen LogP contribution >= 0.6 is 0 Å². The summed E-state index contributed by atoms with van der Waals surface area (Å²) in [6.45, 7) is 10.5. The van der Waals surface area contributed by atoms with Crippen molar-refractivity contribution in [1.82, 2.24) is 0 Å². The molecule has 8 heteroatoms. The molecule has 0 spiro atoms. The summed E-state index contributed by atoms with van der Waals surface area (Å²) in [5.74, 6) is -1.92. The van der Waals surface area contributed by atoms with E-state index in [0.29, 0.717) is 12.8 Å². The van der Waals surface area contributed by atoms with E-state index in [1.165, 1.54) is 0 Å². The van der Waals surface area contributed by atoms with E-state index in [-0.39, 0.29) is 68.5 Å². The minimum absolute atomic E-state index is 0. The van der Waals surface area contributed by atoms with Crippen molar-refractivity contribution in [2.75, 3.05) is 0 Å². The smallest absolute Gasteiger partial charge is 0.550 e. The Kier molecular flexibility index (Phi) is 57.2. The van der Waals surface area contributed by atoms with Crippen LogP contribution < -0.4 is 10.2 Å². The second-order valence-corrected chi connectivity index (χ2v) is 4.43. The van der Waals surface area contributed by atoms with E-state index >= 15 is 0 Å². The first kappa shape index (κ1) is 38.1. The summed E-state index contributed by atoms with van der Waals surface area (Å²) in [4.78, 5) is 19.0. The Balaban J connectivity index is -0.0000000383. The molecule has 2 N–H and O–H groups in total. The van der Waals surface area contributed by atoms with E-state index in [2.05, 4.69) is 0 Å². The summed E-state index contributed by atoms with van der Waals surface area (Å²) in [6.07, 6.45) is 1.37. The van der Waals surface area contributed by atoms with Gasteiger partial charge in [-0.05, 0) is 40.5 Å². The van der Waals surface area contributed by atoms with E-state index in [9.17, 15) is 19.8 Å². The van der Waals surface area contributed by atoms with E-state index < -0.39 is 11.9 Å². The number of hydrogen-bond acceptors (Lipinski definition) is 6. The summed E-state index contributed by atoms with van der Waals surface area (Å²) in [5, 5.41) is 35.1. The minimum atomic E-state index is -0.961. The van der Waals surface area contributed by atoms with Crippen molar-refractivity contribution in [3.63, 3.8) is 0 Å². The van der Waals surface area contributed by atoms with Crippen molar-refractivity contribution in [3.05, 3.63) is 0 Å². The predicted octanol–water partition coefficient (Wildman–Crippen LogP) is -0.158. The van der Waals surface area contributed by atoms with Gasteiger partial charge < -0.3 is 30.0 Å². The van der Waals surface area contributed by atoms with Gasteiger partial charge in [0.05, 0.1) is 0 Å². The average molecular weight is 390 g/mol. The predicted molar refractivity (Wildman–Crippen MR) is 74.5 cm³/mol. The molecule has 6 nitrogen and oxygen atoms in total. The number of carbonyl (C=O) groups excluding carboxylic acids is 2. The van der Waals surface area contributed by atoms with Crippen LogP contribution in [0.25, 0.3) is 0 Å². The van der Waals surface area contributed by atoms with Crippen LogP contribution in [-0.4, -0.2) is 34.4 Å². The molecule has 126 valence electrons. The van der Waals surface area contributed by atoms with E-state index in [0.717, 1.165) is 0 Å². The van der Waals surface area contributed by atoms with Crippen LogP contribution in [0.4, 0.5) is 0 Å². The zero-order valence-electron chi connectivity index (χ0n) is 14.5. The van der Waals surface area contributed by atoms with Gasteiger partial charge in [-0.25, -0.2) is 0 Å². The number of aliphatic carboxylic acids is 2. The Morgan fingerprint density at radius 1 is 0.818 bits per heavy atom. The monoisotopic (exact) mass is 390 g/mol. The standard InChI is InChI=1S/2C4H8O2.2C3H8O.2Ti/c2*1-2-3-4(5)6;2*1-3(2)4;;/h2*2-3H2,1H3,(H,5,6);2*3-4H,1-2H3;;/q;;;;+2;+4/p-2. The minimum Gasteiger partial charge on any atom is -0.550 e. The Bertz CT molecular complexity index is 184. The van der Waals surface area contributed by atoms with Crippen LogP contribution in [0.1, 0.15) is 67.2 Å². The molecule has 0 aliphatic carbocycles. The molecule has 0 aromatic carbocycles. The van der Waals surface area contributed by atoms with Gasteiger partial charge in [0.2, 0.25) is 0 Å². The van der Waals surface area contributed by atoms with Crippen LogP contribution in [0.5, 0.6) is 0 Å². The Labute approximate surface area is 164 Å². The summed E-state index contributed by atoms with van der Waals surface area (Å²) in [5.41, 5.74) is 0. The first-order chi connectivity index (χ1) is 9.00. The number of hydrogen-bond donors (Lipinski definition) is 2. The number of carboxylic acid groups (broad SMARTS) is 2. The first-order valence-electron chi connectivity index (χ1n) is 6.76. The Hall–Kier alpha value is 0.289. The molecule has 0 fully saturated rings. The van der Waals surface area contributed by atoms with Gasteiger partial charge in [0.25, 0.3) is 0 Å². The molecule has 0 unspecified atom stereocenters. The molecule has 0 saturated heterocycles. The molecular weight excluding hydrogens is 360 g/mol. The fourth-order valence-electron chi connectivity index (χ4n) is 0.408. The van der Waals surface area contributed by atoms with Crippen LogP contribution in [0.3, 0.4) is 0 Å². The quantitative estimate of drug-likeness (QED) is 0.644. The molecule has 0 radical (unpaired) electrons. The third kappa shape index (κ3) is 191. The maximum Gasteiger partial charge on any atom is 4.00 e. The average Bonchev–Trinajstić information content (AvgIpc) is 2.15. The fraction of sp³-hybridized carbons (Fsp3) is 0.857. The number of aliphatic hydroxyl groups is 2. The number of carboxylic acids is 2. The molecule has 0 saturated carbocycles. The maximum atomic E-state index is 9.49. The van der Waals surface area contributed by atoms with Gasteiger partial charge in [-0.1, -0.05) is 26.7 Å². The molecule has 0 bridgehead atoms. The molecule has 22 heavy (non-hydrogen) atoms. The van der Waals surface area contributed by atoms with Gasteiger partial charge in [-0.15, -0.1) is 0 Å². The largest absolute Gasteiger partial charge is 4.00 e. The molecule has 0 aliphatic rings. The van der Waals surface area contributed by atoms with Crippen molar-refractivity contribution < 1.29 is 73.5 Å². The van der Waals surface area contributed by atoms with Crippen molar-refractivity contribution in [3.8, 4) is 0 Å². The summed E-state index contributed by atoms with van der Waals surface area (Å²) in [6, 6.07) is 0. The Morgan fingerprint density at radius 2 is 0.955 bits per heavy atom. The van der Waals surface area contributed by atoms with Crippen LogP contribution in [0, 0.1) is 0 Å². The molecule has 0 aromatic heterocycles. The molecule has 0 aromatic rings. The summed E-state index contributed by atoms with van der Waals surface area (Å²) in [7, 11) is 0. The van der Waals surface area contributed by atoms with Gasteiger partial charge in [-0.3, -0.25) is 0 Å². The van der Waals surface area contributed by atoms with E-state index in [4.69, 9.17) is 10.2 Å². The van der Waals surface area contributed by atoms with Crippen molar-refractivity contribution in [1.29, 1.82) is 0 Å².